The highest BCUT2D eigenvalue weighted by Crippen LogP contribution is 2.14. The van der Waals surface area contributed by atoms with Gasteiger partial charge in [-0.05, 0) is 39.3 Å². The zero-order valence-electron chi connectivity index (χ0n) is 11.2. The molecule has 18 heavy (non-hydrogen) atoms. The number of hydrogen-bond acceptors (Lipinski definition) is 3. The van der Waals surface area contributed by atoms with Crippen LogP contribution >= 0.6 is 0 Å². The Kier molecular flexibility index (Phi) is 4.42. The third-order valence-electron chi connectivity index (χ3n) is 3.61. The van der Waals surface area contributed by atoms with E-state index in [2.05, 4.69) is 5.32 Å². The van der Waals surface area contributed by atoms with Gasteiger partial charge in [0.2, 0.25) is 0 Å². The Morgan fingerprint density at radius 1 is 1.56 bits per heavy atom. The molecule has 1 amide bonds. The highest BCUT2D eigenvalue weighted by Gasteiger charge is 2.22. The number of hydrogen-bond donors (Lipinski definition) is 1. The van der Waals surface area contributed by atoms with E-state index in [9.17, 15) is 4.79 Å². The first kappa shape index (κ1) is 13.1. The third-order valence-corrected chi connectivity index (χ3v) is 3.61. The van der Waals surface area contributed by atoms with Crippen LogP contribution in [0.25, 0.3) is 0 Å². The molecule has 1 saturated heterocycles. The van der Waals surface area contributed by atoms with E-state index in [-0.39, 0.29) is 5.91 Å². The van der Waals surface area contributed by atoms with Gasteiger partial charge < -0.3 is 14.6 Å². The zero-order valence-corrected chi connectivity index (χ0v) is 11.2. The number of piperidine rings is 1. The molecule has 0 spiro atoms. The van der Waals surface area contributed by atoms with E-state index >= 15 is 0 Å². The average Bonchev–Trinajstić information content (AvgIpc) is 2.82. The second-order valence-corrected chi connectivity index (χ2v) is 4.88. The molecule has 1 fully saturated rings. The number of aryl methyl sites for hydroxylation is 1. The molecule has 1 aliphatic rings. The lowest BCUT2D eigenvalue weighted by Crippen LogP contribution is -2.45. The molecule has 4 nitrogen and oxygen atoms in total. The molecule has 1 aromatic heterocycles. The van der Waals surface area contributed by atoms with Gasteiger partial charge in [0, 0.05) is 19.1 Å². The fraction of sp³-hybridized carbons (Fsp3) is 0.643. The topological polar surface area (TPSA) is 45.5 Å². The Balaban J connectivity index is 1.99. The Morgan fingerprint density at radius 2 is 2.39 bits per heavy atom. The van der Waals surface area contributed by atoms with E-state index in [1.54, 1.807) is 12.3 Å². The first-order valence-electron chi connectivity index (χ1n) is 6.79. The highest BCUT2D eigenvalue weighted by molar-refractivity contribution is 5.95. The molecular formula is C14H22N2O2. The van der Waals surface area contributed by atoms with Crippen molar-refractivity contribution in [3.8, 4) is 0 Å². The molecule has 0 radical (unpaired) electrons. The zero-order chi connectivity index (χ0) is 13.0. The summed E-state index contributed by atoms with van der Waals surface area (Å²) >= 11 is 0. The summed E-state index contributed by atoms with van der Waals surface area (Å²) < 4.78 is 5.21. The van der Waals surface area contributed by atoms with E-state index < -0.39 is 0 Å². The second kappa shape index (κ2) is 6.05. The first-order chi connectivity index (χ1) is 8.72. The molecule has 2 rings (SSSR count). The Hall–Kier alpha value is -1.29. The molecular weight excluding hydrogens is 228 g/mol. The van der Waals surface area contributed by atoms with Gasteiger partial charge in [-0.3, -0.25) is 4.79 Å². The molecule has 1 aromatic rings. The number of furan rings is 1. The number of amides is 1. The van der Waals surface area contributed by atoms with Gasteiger partial charge in [0.25, 0.3) is 5.91 Å². The maximum absolute atomic E-state index is 12.4. The minimum absolute atomic E-state index is 0.0797. The van der Waals surface area contributed by atoms with Gasteiger partial charge in [-0.1, -0.05) is 6.42 Å². The van der Waals surface area contributed by atoms with Crippen molar-refractivity contribution in [2.45, 2.75) is 39.2 Å². The number of rotatable bonds is 4. The predicted octanol–water partition coefficient (Wildman–Crippen LogP) is 2.19. The number of likely N-dealkylation sites (N-methyl/N-ethyl adjacent to an activating group) is 1. The van der Waals surface area contributed by atoms with E-state index in [4.69, 9.17) is 4.42 Å². The van der Waals surface area contributed by atoms with Gasteiger partial charge in [-0.15, -0.1) is 0 Å². The summed E-state index contributed by atoms with van der Waals surface area (Å²) in [7, 11) is 0. The van der Waals surface area contributed by atoms with Crippen LogP contribution in [0.3, 0.4) is 0 Å². The Bertz CT molecular complexity index is 394. The fourth-order valence-corrected chi connectivity index (χ4v) is 2.48. The van der Waals surface area contributed by atoms with Crippen LogP contribution < -0.4 is 5.32 Å². The van der Waals surface area contributed by atoms with Crippen LogP contribution in [0.15, 0.2) is 16.7 Å². The smallest absolute Gasteiger partial charge is 0.257 e. The summed E-state index contributed by atoms with van der Waals surface area (Å²) in [6.07, 6.45) is 5.25. The summed E-state index contributed by atoms with van der Waals surface area (Å²) in [5.74, 6) is 0.783. The summed E-state index contributed by atoms with van der Waals surface area (Å²) in [6.45, 7) is 6.46. The molecule has 0 aliphatic carbocycles. The maximum atomic E-state index is 12.4. The number of carbonyl (C=O) groups is 1. The normalized spacial score (nSPS) is 19.8. The van der Waals surface area contributed by atoms with Gasteiger partial charge in [-0.2, -0.15) is 0 Å². The number of carbonyl (C=O) groups excluding carboxylic acids is 1. The van der Waals surface area contributed by atoms with Crippen molar-refractivity contribution in [3.05, 3.63) is 23.7 Å². The summed E-state index contributed by atoms with van der Waals surface area (Å²) in [6, 6.07) is 2.20. The lowest BCUT2D eigenvalue weighted by molar-refractivity contribution is 0.0739. The third kappa shape index (κ3) is 2.93. The van der Waals surface area contributed by atoms with Crippen molar-refractivity contribution in [1.82, 2.24) is 10.2 Å². The van der Waals surface area contributed by atoms with E-state index in [0.717, 1.165) is 26.1 Å². The minimum atomic E-state index is 0.0797. The summed E-state index contributed by atoms with van der Waals surface area (Å²) in [5.41, 5.74) is 0.688. The fourth-order valence-electron chi connectivity index (χ4n) is 2.48. The Morgan fingerprint density at radius 3 is 2.94 bits per heavy atom. The summed E-state index contributed by atoms with van der Waals surface area (Å²) in [4.78, 5) is 14.3. The van der Waals surface area contributed by atoms with Crippen molar-refractivity contribution in [1.29, 1.82) is 0 Å². The minimum Gasteiger partial charge on any atom is -0.469 e. The molecule has 0 saturated carbocycles. The van der Waals surface area contributed by atoms with Gasteiger partial charge in [0.15, 0.2) is 0 Å². The van der Waals surface area contributed by atoms with Crippen molar-refractivity contribution >= 4 is 5.91 Å². The van der Waals surface area contributed by atoms with Crippen LogP contribution in [-0.2, 0) is 0 Å². The van der Waals surface area contributed by atoms with E-state index in [0.29, 0.717) is 17.4 Å². The van der Waals surface area contributed by atoms with E-state index in [1.165, 1.54) is 12.8 Å². The van der Waals surface area contributed by atoms with Crippen molar-refractivity contribution in [2.75, 3.05) is 19.6 Å². The molecule has 0 aromatic carbocycles. The standard InChI is InChI=1S/C14H22N2O2/c1-3-16(10-12-6-4-5-8-15-12)14(17)13-7-9-18-11(13)2/h7,9,12,15H,3-6,8,10H2,1-2H3. The van der Waals surface area contributed by atoms with Crippen LogP contribution in [-0.4, -0.2) is 36.5 Å². The van der Waals surface area contributed by atoms with Gasteiger partial charge in [-0.25, -0.2) is 0 Å². The first-order valence-corrected chi connectivity index (χ1v) is 6.79. The number of nitrogens with zero attached hydrogens (tertiary/aromatic N) is 1. The lowest BCUT2D eigenvalue weighted by atomic mass is 10.0. The molecule has 4 heteroatoms. The molecule has 1 aliphatic heterocycles. The molecule has 2 heterocycles. The molecule has 0 bridgehead atoms. The SMILES string of the molecule is CCN(CC1CCCCN1)C(=O)c1ccoc1C. The predicted molar refractivity (Wildman–Crippen MR) is 70.7 cm³/mol. The van der Waals surface area contributed by atoms with Crippen LogP contribution in [0.2, 0.25) is 0 Å². The van der Waals surface area contributed by atoms with Crippen LogP contribution in [0.4, 0.5) is 0 Å². The number of nitrogens with one attached hydrogen (secondary N) is 1. The highest BCUT2D eigenvalue weighted by atomic mass is 16.3. The van der Waals surface area contributed by atoms with Crippen LogP contribution in [0.5, 0.6) is 0 Å². The van der Waals surface area contributed by atoms with Crippen molar-refractivity contribution in [2.24, 2.45) is 0 Å². The largest absolute Gasteiger partial charge is 0.469 e. The monoisotopic (exact) mass is 250 g/mol. The maximum Gasteiger partial charge on any atom is 0.257 e. The molecule has 1 unspecified atom stereocenters. The molecule has 1 N–H and O–H groups in total. The molecule has 100 valence electrons. The summed E-state index contributed by atoms with van der Waals surface area (Å²) in [5, 5.41) is 3.48. The van der Waals surface area contributed by atoms with Crippen molar-refractivity contribution < 1.29 is 9.21 Å². The van der Waals surface area contributed by atoms with Gasteiger partial charge in [0.05, 0.1) is 11.8 Å². The second-order valence-electron chi connectivity index (χ2n) is 4.88. The van der Waals surface area contributed by atoms with Crippen LogP contribution in [0, 0.1) is 6.92 Å². The molecule has 1 atom stereocenters. The van der Waals surface area contributed by atoms with Crippen LogP contribution in [0.1, 0.15) is 42.3 Å². The lowest BCUT2D eigenvalue weighted by Gasteiger charge is -2.29. The van der Waals surface area contributed by atoms with Crippen molar-refractivity contribution in [3.63, 3.8) is 0 Å². The van der Waals surface area contributed by atoms with Gasteiger partial charge >= 0.3 is 0 Å². The Labute approximate surface area is 108 Å². The average molecular weight is 250 g/mol. The van der Waals surface area contributed by atoms with E-state index in [1.807, 2.05) is 18.7 Å². The quantitative estimate of drug-likeness (QED) is 0.891. The van der Waals surface area contributed by atoms with Gasteiger partial charge in [0.1, 0.15) is 5.76 Å².